The molecule has 3 rings (SSSR count). The topological polar surface area (TPSA) is 64.6 Å². The summed E-state index contributed by atoms with van der Waals surface area (Å²) in [5.41, 5.74) is 0.546. The molecule has 1 aliphatic rings. The number of halogens is 2. The van der Waals surface area contributed by atoms with Crippen molar-refractivity contribution in [3.05, 3.63) is 65.2 Å². The predicted molar refractivity (Wildman–Crippen MR) is 83.8 cm³/mol. The molecular formula is C18H15F2NO4. The summed E-state index contributed by atoms with van der Waals surface area (Å²) in [6.45, 7) is 0. The molecule has 0 unspecified atom stereocenters. The first-order chi connectivity index (χ1) is 12.0. The maximum Gasteiger partial charge on any atom is 0.333 e. The molecule has 1 aliphatic heterocycles. The second kappa shape index (κ2) is 6.88. The van der Waals surface area contributed by atoms with Crippen LogP contribution < -0.4 is 10.1 Å². The van der Waals surface area contributed by atoms with Gasteiger partial charge in [-0.1, -0.05) is 18.2 Å². The molecule has 0 saturated carbocycles. The lowest BCUT2D eigenvalue weighted by atomic mass is 10.0. The van der Waals surface area contributed by atoms with Gasteiger partial charge < -0.3 is 14.8 Å². The zero-order valence-electron chi connectivity index (χ0n) is 13.3. The van der Waals surface area contributed by atoms with Crippen LogP contribution in [0.25, 0.3) is 0 Å². The number of esters is 1. The van der Waals surface area contributed by atoms with Crippen molar-refractivity contribution < 1.29 is 27.8 Å². The van der Waals surface area contributed by atoms with E-state index in [2.05, 4.69) is 10.1 Å². The van der Waals surface area contributed by atoms with Crippen LogP contribution in [0, 0.1) is 11.6 Å². The third-order valence-electron chi connectivity index (χ3n) is 3.93. The van der Waals surface area contributed by atoms with E-state index in [-0.39, 0.29) is 5.56 Å². The summed E-state index contributed by atoms with van der Waals surface area (Å²) in [7, 11) is 1.10. The molecule has 0 aliphatic carbocycles. The van der Waals surface area contributed by atoms with E-state index < -0.39 is 35.7 Å². The molecule has 130 valence electrons. The Morgan fingerprint density at radius 2 is 2.00 bits per heavy atom. The van der Waals surface area contributed by atoms with E-state index in [1.165, 1.54) is 0 Å². The number of amides is 1. The lowest BCUT2D eigenvalue weighted by molar-refractivity contribution is -0.146. The monoisotopic (exact) mass is 347 g/mol. The zero-order valence-corrected chi connectivity index (χ0v) is 13.3. The van der Waals surface area contributed by atoms with E-state index in [4.69, 9.17) is 4.74 Å². The minimum Gasteiger partial charge on any atom is -0.480 e. The molecule has 2 aromatic carbocycles. The molecule has 25 heavy (non-hydrogen) atoms. The maximum absolute atomic E-state index is 14.0. The summed E-state index contributed by atoms with van der Waals surface area (Å²) in [5, 5.41) is 2.38. The Bertz CT molecular complexity index is 799. The second-order valence-electron chi connectivity index (χ2n) is 5.55. The van der Waals surface area contributed by atoms with Crippen molar-refractivity contribution in [2.75, 3.05) is 7.11 Å². The van der Waals surface area contributed by atoms with Crippen molar-refractivity contribution >= 4 is 11.9 Å². The lowest BCUT2D eigenvalue weighted by Gasteiger charge is -2.19. The number of carbonyl (C=O) groups excluding carboxylic acids is 2. The maximum atomic E-state index is 14.0. The Morgan fingerprint density at radius 3 is 2.72 bits per heavy atom. The van der Waals surface area contributed by atoms with Crippen molar-refractivity contribution in [1.82, 2.24) is 5.32 Å². The molecule has 2 atom stereocenters. The molecule has 7 heteroatoms. The summed E-state index contributed by atoms with van der Waals surface area (Å²) < 4.78 is 37.6. The van der Waals surface area contributed by atoms with Crippen LogP contribution in [0.15, 0.2) is 42.5 Å². The summed E-state index contributed by atoms with van der Waals surface area (Å²) in [4.78, 5) is 24.4. The molecule has 1 amide bonds. The van der Waals surface area contributed by atoms with Gasteiger partial charge in [-0.15, -0.1) is 0 Å². The standard InChI is InChI=1S/C18H15F2NO4/c1-24-18(23)16(12-9-11(19)6-7-13(12)20)21-17(22)15-8-10-4-2-3-5-14(10)25-15/h2-7,9,15-16H,8H2,1H3,(H,21,22)/t15-,16+/m0/s1. The highest BCUT2D eigenvalue weighted by Crippen LogP contribution is 2.29. The number of ether oxygens (including phenoxy) is 2. The van der Waals surface area contributed by atoms with Crippen molar-refractivity contribution in [3.8, 4) is 5.75 Å². The quantitative estimate of drug-likeness (QED) is 0.862. The Balaban J connectivity index is 1.81. The van der Waals surface area contributed by atoms with Gasteiger partial charge in [0.25, 0.3) is 5.91 Å². The van der Waals surface area contributed by atoms with Crippen molar-refractivity contribution in [3.63, 3.8) is 0 Å². The SMILES string of the molecule is COC(=O)[C@H](NC(=O)[C@@H]1Cc2ccccc2O1)c1cc(F)ccc1F. The Kier molecular flexibility index (Phi) is 4.65. The summed E-state index contributed by atoms with van der Waals surface area (Å²) in [6.07, 6.45) is -0.539. The minimum atomic E-state index is -1.47. The van der Waals surface area contributed by atoms with E-state index in [1.807, 2.05) is 12.1 Å². The van der Waals surface area contributed by atoms with Gasteiger partial charge in [-0.2, -0.15) is 0 Å². The van der Waals surface area contributed by atoms with Crippen LogP contribution in [0.4, 0.5) is 8.78 Å². The number of fused-ring (bicyclic) bond motifs is 1. The smallest absolute Gasteiger partial charge is 0.333 e. The number of para-hydroxylation sites is 1. The van der Waals surface area contributed by atoms with E-state index in [0.29, 0.717) is 12.2 Å². The Labute approximate surface area is 142 Å². The molecule has 0 saturated heterocycles. The van der Waals surface area contributed by atoms with Crippen LogP contribution >= 0.6 is 0 Å². The average molecular weight is 347 g/mol. The summed E-state index contributed by atoms with van der Waals surface area (Å²) >= 11 is 0. The molecular weight excluding hydrogens is 332 g/mol. The summed E-state index contributed by atoms with van der Waals surface area (Å²) in [6, 6.07) is 8.34. The normalized spacial score (nSPS) is 16.5. The number of hydrogen-bond donors (Lipinski definition) is 1. The zero-order chi connectivity index (χ0) is 18.0. The Morgan fingerprint density at radius 1 is 1.24 bits per heavy atom. The highest BCUT2D eigenvalue weighted by Gasteiger charge is 2.33. The number of nitrogens with one attached hydrogen (secondary N) is 1. The second-order valence-corrected chi connectivity index (χ2v) is 5.55. The molecule has 0 bridgehead atoms. The van der Waals surface area contributed by atoms with Crippen molar-refractivity contribution in [1.29, 1.82) is 0 Å². The molecule has 0 aromatic heterocycles. The fourth-order valence-electron chi connectivity index (χ4n) is 2.68. The van der Waals surface area contributed by atoms with Crippen LogP contribution in [-0.4, -0.2) is 25.1 Å². The van der Waals surface area contributed by atoms with Crippen LogP contribution in [0.5, 0.6) is 5.75 Å². The first-order valence-corrected chi connectivity index (χ1v) is 7.57. The average Bonchev–Trinajstić information content (AvgIpc) is 3.05. The van der Waals surface area contributed by atoms with Gasteiger partial charge in [-0.3, -0.25) is 4.79 Å². The van der Waals surface area contributed by atoms with Gasteiger partial charge in [0.15, 0.2) is 12.1 Å². The van der Waals surface area contributed by atoms with Gasteiger partial charge in [0.05, 0.1) is 7.11 Å². The number of hydrogen-bond acceptors (Lipinski definition) is 4. The molecule has 1 heterocycles. The fraction of sp³-hybridized carbons (Fsp3) is 0.222. The predicted octanol–water partition coefficient (Wildman–Crippen LogP) is 2.30. The number of rotatable bonds is 4. The molecule has 1 N–H and O–H groups in total. The number of carbonyl (C=O) groups is 2. The highest BCUT2D eigenvalue weighted by molar-refractivity contribution is 5.88. The highest BCUT2D eigenvalue weighted by atomic mass is 19.1. The van der Waals surface area contributed by atoms with Crippen molar-refractivity contribution in [2.24, 2.45) is 0 Å². The van der Waals surface area contributed by atoms with E-state index in [1.54, 1.807) is 12.1 Å². The first-order valence-electron chi connectivity index (χ1n) is 7.57. The lowest BCUT2D eigenvalue weighted by Crippen LogP contribution is -2.42. The van der Waals surface area contributed by atoms with Gasteiger partial charge in [-0.25, -0.2) is 13.6 Å². The van der Waals surface area contributed by atoms with E-state index >= 15 is 0 Å². The molecule has 0 fully saturated rings. The van der Waals surface area contributed by atoms with E-state index in [9.17, 15) is 18.4 Å². The van der Waals surface area contributed by atoms with Crippen LogP contribution in [0.1, 0.15) is 17.2 Å². The van der Waals surface area contributed by atoms with Gasteiger partial charge in [0.1, 0.15) is 17.4 Å². The number of methoxy groups -OCH3 is 1. The van der Waals surface area contributed by atoms with Gasteiger partial charge in [0, 0.05) is 12.0 Å². The molecule has 0 radical (unpaired) electrons. The Hall–Kier alpha value is -2.96. The van der Waals surface area contributed by atoms with Gasteiger partial charge in [-0.05, 0) is 29.8 Å². The molecule has 5 nitrogen and oxygen atoms in total. The fourth-order valence-corrected chi connectivity index (χ4v) is 2.68. The third kappa shape index (κ3) is 3.45. The van der Waals surface area contributed by atoms with Crippen LogP contribution in [0.3, 0.4) is 0 Å². The minimum absolute atomic E-state index is 0.310. The third-order valence-corrected chi connectivity index (χ3v) is 3.93. The number of benzene rings is 2. The van der Waals surface area contributed by atoms with E-state index in [0.717, 1.165) is 30.9 Å². The van der Waals surface area contributed by atoms with Gasteiger partial charge >= 0.3 is 5.97 Å². The first kappa shape index (κ1) is 16.9. The molecule has 0 spiro atoms. The van der Waals surface area contributed by atoms with Crippen LogP contribution in [0.2, 0.25) is 0 Å². The summed E-state index contributed by atoms with van der Waals surface area (Å²) in [5.74, 6) is -2.50. The van der Waals surface area contributed by atoms with Crippen molar-refractivity contribution in [2.45, 2.75) is 18.6 Å². The van der Waals surface area contributed by atoms with Gasteiger partial charge in [0.2, 0.25) is 0 Å². The van der Waals surface area contributed by atoms with Crippen LogP contribution in [-0.2, 0) is 20.7 Å². The molecule has 2 aromatic rings. The largest absolute Gasteiger partial charge is 0.480 e.